The van der Waals surface area contributed by atoms with Crippen molar-refractivity contribution in [3.63, 3.8) is 0 Å². The summed E-state index contributed by atoms with van der Waals surface area (Å²) in [5.41, 5.74) is 1.38. The summed E-state index contributed by atoms with van der Waals surface area (Å²) in [6.45, 7) is 2.21. The molecule has 0 spiro atoms. The van der Waals surface area contributed by atoms with Crippen LogP contribution in [0.2, 0.25) is 0 Å². The maximum absolute atomic E-state index is 12.9. The van der Waals surface area contributed by atoms with Gasteiger partial charge < -0.3 is 10.4 Å². The molecule has 0 radical (unpaired) electrons. The molecule has 144 valence electrons. The van der Waals surface area contributed by atoms with Crippen molar-refractivity contribution in [2.45, 2.75) is 24.3 Å². The van der Waals surface area contributed by atoms with E-state index >= 15 is 0 Å². The Morgan fingerprint density at radius 1 is 1.30 bits per heavy atom. The van der Waals surface area contributed by atoms with Gasteiger partial charge in [0, 0.05) is 44.0 Å². The number of aliphatic hydroxyl groups excluding tert-OH is 1. The number of sulfonamides is 1. The fraction of sp³-hybridized carbons (Fsp3) is 0.368. The number of hydrogen-bond donors (Lipinski definition) is 2. The van der Waals surface area contributed by atoms with Crippen molar-refractivity contribution in [3.8, 4) is 0 Å². The third kappa shape index (κ3) is 4.35. The SMILES string of the molecule is Cc1ccc(S(=O)(=O)N2CC[C@H](CO)[C@H](NC(=O)c3cccnc3)C2)cc1. The van der Waals surface area contributed by atoms with Crippen molar-refractivity contribution in [1.29, 1.82) is 0 Å². The van der Waals surface area contributed by atoms with Gasteiger partial charge in [-0.2, -0.15) is 4.31 Å². The molecule has 2 N–H and O–H groups in total. The van der Waals surface area contributed by atoms with E-state index < -0.39 is 16.1 Å². The van der Waals surface area contributed by atoms with Crippen LogP contribution < -0.4 is 5.32 Å². The zero-order valence-electron chi connectivity index (χ0n) is 15.1. The molecule has 27 heavy (non-hydrogen) atoms. The summed E-state index contributed by atoms with van der Waals surface area (Å²) >= 11 is 0. The molecule has 1 saturated heterocycles. The Labute approximate surface area is 159 Å². The molecule has 2 aromatic rings. The number of aromatic nitrogens is 1. The number of nitrogens with one attached hydrogen (secondary N) is 1. The van der Waals surface area contributed by atoms with Crippen molar-refractivity contribution in [3.05, 3.63) is 59.9 Å². The standard InChI is InChI=1S/C19H23N3O4S/c1-14-4-6-17(7-5-14)27(25,26)22-10-8-16(13-23)18(12-22)21-19(24)15-3-2-9-20-11-15/h2-7,9,11,16,18,23H,8,10,12-13H2,1H3,(H,21,24)/t16-,18-/m1/s1. The minimum absolute atomic E-state index is 0.115. The van der Waals surface area contributed by atoms with Gasteiger partial charge in [-0.1, -0.05) is 17.7 Å². The number of carbonyl (C=O) groups excluding carboxylic acids is 1. The van der Waals surface area contributed by atoms with Crippen LogP contribution in [0.25, 0.3) is 0 Å². The molecule has 1 aromatic heterocycles. The summed E-state index contributed by atoms with van der Waals surface area (Å²) in [5, 5.41) is 12.5. The van der Waals surface area contributed by atoms with Crippen molar-refractivity contribution in [1.82, 2.24) is 14.6 Å². The number of rotatable bonds is 5. The Balaban J connectivity index is 1.78. The molecule has 0 saturated carbocycles. The lowest BCUT2D eigenvalue weighted by atomic mass is 9.93. The van der Waals surface area contributed by atoms with E-state index in [1.807, 2.05) is 6.92 Å². The third-order valence-corrected chi connectivity index (χ3v) is 6.73. The molecule has 1 aliphatic rings. The van der Waals surface area contributed by atoms with E-state index in [4.69, 9.17) is 0 Å². The fourth-order valence-corrected chi connectivity index (χ4v) is 4.66. The van der Waals surface area contributed by atoms with Crippen LogP contribution in [-0.4, -0.2) is 54.5 Å². The van der Waals surface area contributed by atoms with Crippen LogP contribution in [-0.2, 0) is 10.0 Å². The van der Waals surface area contributed by atoms with Crippen LogP contribution in [0, 0.1) is 12.8 Å². The summed E-state index contributed by atoms with van der Waals surface area (Å²) in [5.74, 6) is -0.531. The molecule has 1 fully saturated rings. The maximum Gasteiger partial charge on any atom is 0.253 e. The molecule has 7 nitrogen and oxygen atoms in total. The second-order valence-corrected chi connectivity index (χ2v) is 8.67. The Morgan fingerprint density at radius 3 is 2.67 bits per heavy atom. The maximum atomic E-state index is 12.9. The quantitative estimate of drug-likeness (QED) is 0.800. The average Bonchev–Trinajstić information content (AvgIpc) is 2.69. The first-order valence-electron chi connectivity index (χ1n) is 8.80. The Bertz CT molecular complexity index is 885. The number of hydrogen-bond acceptors (Lipinski definition) is 5. The van der Waals surface area contributed by atoms with Gasteiger partial charge in [0.05, 0.1) is 10.5 Å². The number of amides is 1. The monoisotopic (exact) mass is 389 g/mol. The van der Waals surface area contributed by atoms with Crippen molar-refractivity contribution < 1.29 is 18.3 Å². The molecule has 1 aromatic carbocycles. The van der Waals surface area contributed by atoms with Crippen molar-refractivity contribution >= 4 is 15.9 Å². The van der Waals surface area contributed by atoms with Crippen LogP contribution in [0.15, 0.2) is 53.7 Å². The highest BCUT2D eigenvalue weighted by molar-refractivity contribution is 7.89. The Morgan fingerprint density at radius 2 is 2.04 bits per heavy atom. The summed E-state index contributed by atoms with van der Waals surface area (Å²) in [6, 6.07) is 9.52. The van der Waals surface area contributed by atoms with E-state index in [1.54, 1.807) is 42.6 Å². The first-order valence-corrected chi connectivity index (χ1v) is 10.2. The molecule has 1 amide bonds. The first kappa shape index (κ1) is 19.5. The minimum atomic E-state index is -3.66. The summed E-state index contributed by atoms with van der Waals surface area (Å²) in [6.07, 6.45) is 3.50. The highest BCUT2D eigenvalue weighted by atomic mass is 32.2. The zero-order chi connectivity index (χ0) is 19.4. The van der Waals surface area contributed by atoms with Crippen LogP contribution in [0.5, 0.6) is 0 Å². The summed E-state index contributed by atoms with van der Waals surface area (Å²) < 4.78 is 27.2. The van der Waals surface area contributed by atoms with Gasteiger partial charge in [0.25, 0.3) is 5.91 Å². The van der Waals surface area contributed by atoms with Crippen molar-refractivity contribution in [2.75, 3.05) is 19.7 Å². The van der Waals surface area contributed by atoms with Gasteiger partial charge in [-0.05, 0) is 37.6 Å². The van der Waals surface area contributed by atoms with Gasteiger partial charge >= 0.3 is 0 Å². The summed E-state index contributed by atoms with van der Waals surface area (Å²) in [7, 11) is -3.66. The smallest absolute Gasteiger partial charge is 0.253 e. The zero-order valence-corrected chi connectivity index (χ0v) is 15.9. The van der Waals surface area contributed by atoms with Gasteiger partial charge in [-0.25, -0.2) is 8.42 Å². The van der Waals surface area contributed by atoms with E-state index in [9.17, 15) is 18.3 Å². The molecular weight excluding hydrogens is 366 g/mol. The lowest BCUT2D eigenvalue weighted by molar-refractivity contribution is 0.0843. The molecule has 0 aliphatic carbocycles. The largest absolute Gasteiger partial charge is 0.396 e. The first-order chi connectivity index (χ1) is 12.9. The number of piperidine rings is 1. The van der Waals surface area contributed by atoms with E-state index in [1.165, 1.54) is 10.5 Å². The van der Waals surface area contributed by atoms with Gasteiger partial charge in [0.15, 0.2) is 0 Å². The average molecular weight is 389 g/mol. The predicted molar refractivity (Wildman–Crippen MR) is 101 cm³/mol. The van der Waals surface area contributed by atoms with E-state index in [0.29, 0.717) is 18.5 Å². The highest BCUT2D eigenvalue weighted by Gasteiger charge is 2.36. The molecule has 2 heterocycles. The Kier molecular flexibility index (Phi) is 5.88. The van der Waals surface area contributed by atoms with Crippen molar-refractivity contribution in [2.24, 2.45) is 5.92 Å². The van der Waals surface area contributed by atoms with Crippen LogP contribution in [0.1, 0.15) is 22.3 Å². The van der Waals surface area contributed by atoms with Gasteiger partial charge in [-0.15, -0.1) is 0 Å². The number of aryl methyl sites for hydroxylation is 1. The van der Waals surface area contributed by atoms with Crippen LogP contribution in [0.3, 0.4) is 0 Å². The van der Waals surface area contributed by atoms with Gasteiger partial charge in [0.1, 0.15) is 0 Å². The second-order valence-electron chi connectivity index (χ2n) is 6.73. The molecule has 8 heteroatoms. The highest BCUT2D eigenvalue weighted by Crippen LogP contribution is 2.24. The topological polar surface area (TPSA) is 99.6 Å². The number of carbonyl (C=O) groups is 1. The summed E-state index contributed by atoms with van der Waals surface area (Å²) in [4.78, 5) is 16.6. The van der Waals surface area contributed by atoms with E-state index in [2.05, 4.69) is 10.3 Å². The second kappa shape index (κ2) is 8.16. The van der Waals surface area contributed by atoms with Crippen LogP contribution in [0.4, 0.5) is 0 Å². The molecule has 1 aliphatic heterocycles. The predicted octanol–water partition coefficient (Wildman–Crippen LogP) is 1.19. The molecule has 0 bridgehead atoms. The minimum Gasteiger partial charge on any atom is -0.396 e. The number of benzene rings is 1. The Hall–Kier alpha value is -2.29. The lowest BCUT2D eigenvalue weighted by Gasteiger charge is -2.37. The van der Waals surface area contributed by atoms with Gasteiger partial charge in [-0.3, -0.25) is 9.78 Å². The molecule has 3 rings (SSSR count). The number of aliphatic hydroxyl groups is 1. The van der Waals surface area contributed by atoms with Gasteiger partial charge in [0.2, 0.25) is 10.0 Å². The number of pyridine rings is 1. The number of nitrogens with zero attached hydrogens (tertiary/aromatic N) is 2. The normalized spacial score (nSPS) is 21.0. The lowest BCUT2D eigenvalue weighted by Crippen LogP contribution is -2.54. The van der Waals surface area contributed by atoms with Crippen LogP contribution >= 0.6 is 0 Å². The third-order valence-electron chi connectivity index (χ3n) is 4.85. The fourth-order valence-electron chi connectivity index (χ4n) is 3.18. The molecule has 0 unspecified atom stereocenters. The molecular formula is C19H23N3O4S. The molecule has 2 atom stereocenters. The van der Waals surface area contributed by atoms with E-state index in [-0.39, 0.29) is 29.9 Å². The van der Waals surface area contributed by atoms with E-state index in [0.717, 1.165) is 5.56 Å².